The van der Waals surface area contributed by atoms with Gasteiger partial charge in [-0.2, -0.15) is 0 Å². The Hall–Kier alpha value is -1.56. The van der Waals surface area contributed by atoms with Crippen LogP contribution in [0.4, 0.5) is 5.95 Å². The standard InChI is InChI=1S/C11H15N3O2S/c1-8-4-3-5-9-10(8)14(11(12)13-9)6-7-17(2,15)16/h3-5H,6-7H2,1-2H3,(H2,12,13). The lowest BCUT2D eigenvalue weighted by molar-refractivity contribution is 0.596. The molecule has 5 nitrogen and oxygen atoms in total. The molecule has 6 heteroatoms. The van der Waals surface area contributed by atoms with Crippen LogP contribution in [0.5, 0.6) is 0 Å². The van der Waals surface area contributed by atoms with Crippen molar-refractivity contribution in [3.05, 3.63) is 23.8 Å². The Bertz CT molecular complexity index is 659. The van der Waals surface area contributed by atoms with Crippen LogP contribution in [0.1, 0.15) is 5.56 Å². The van der Waals surface area contributed by atoms with Gasteiger partial charge in [0.1, 0.15) is 9.84 Å². The number of fused-ring (bicyclic) bond motifs is 1. The topological polar surface area (TPSA) is 78.0 Å². The zero-order valence-electron chi connectivity index (χ0n) is 9.84. The van der Waals surface area contributed by atoms with Crippen LogP contribution in [0.3, 0.4) is 0 Å². The van der Waals surface area contributed by atoms with Crippen molar-refractivity contribution in [3.8, 4) is 0 Å². The van der Waals surface area contributed by atoms with Crippen LogP contribution in [0.15, 0.2) is 18.2 Å². The third kappa shape index (κ3) is 2.41. The summed E-state index contributed by atoms with van der Waals surface area (Å²) in [4.78, 5) is 4.22. The highest BCUT2D eigenvalue weighted by atomic mass is 32.2. The molecule has 1 aromatic heterocycles. The van der Waals surface area contributed by atoms with E-state index in [0.29, 0.717) is 12.5 Å². The molecule has 1 aromatic carbocycles. The van der Waals surface area contributed by atoms with Crippen LogP contribution in [-0.2, 0) is 16.4 Å². The Morgan fingerprint density at radius 3 is 2.76 bits per heavy atom. The maximum absolute atomic E-state index is 11.2. The third-order valence-corrected chi connectivity index (χ3v) is 3.61. The minimum atomic E-state index is -3.00. The molecule has 0 bridgehead atoms. The molecule has 2 aromatic rings. The first-order chi connectivity index (χ1) is 7.88. The molecule has 0 saturated carbocycles. The molecule has 2 N–H and O–H groups in total. The number of hydrogen-bond donors (Lipinski definition) is 1. The number of imidazole rings is 1. The summed E-state index contributed by atoms with van der Waals surface area (Å²) in [7, 11) is -3.00. The Balaban J connectivity index is 2.49. The van der Waals surface area contributed by atoms with E-state index in [1.807, 2.05) is 25.1 Å². The summed E-state index contributed by atoms with van der Waals surface area (Å²) in [5.41, 5.74) is 8.56. The van der Waals surface area contributed by atoms with Crippen LogP contribution < -0.4 is 5.73 Å². The van der Waals surface area contributed by atoms with Crippen molar-refractivity contribution < 1.29 is 8.42 Å². The second kappa shape index (κ2) is 4.03. The molecule has 2 rings (SSSR count). The van der Waals surface area contributed by atoms with Crippen molar-refractivity contribution in [1.29, 1.82) is 0 Å². The normalized spacial score (nSPS) is 12.1. The number of anilines is 1. The van der Waals surface area contributed by atoms with Crippen LogP contribution >= 0.6 is 0 Å². The van der Waals surface area contributed by atoms with Crippen LogP contribution in [-0.4, -0.2) is 30.0 Å². The number of sulfone groups is 1. The molecule has 0 fully saturated rings. The van der Waals surface area contributed by atoms with Gasteiger partial charge >= 0.3 is 0 Å². The predicted octanol–water partition coefficient (Wildman–Crippen LogP) is 0.972. The fourth-order valence-electron chi connectivity index (χ4n) is 1.87. The van der Waals surface area contributed by atoms with E-state index in [-0.39, 0.29) is 5.75 Å². The molecule has 92 valence electrons. The average Bonchev–Trinajstić information content (AvgIpc) is 2.51. The zero-order valence-corrected chi connectivity index (χ0v) is 10.7. The van der Waals surface area contributed by atoms with E-state index in [1.165, 1.54) is 6.26 Å². The number of nitrogen functional groups attached to an aromatic ring is 1. The second-order valence-electron chi connectivity index (χ2n) is 4.19. The van der Waals surface area contributed by atoms with Crippen LogP contribution in [0.2, 0.25) is 0 Å². The molecule has 0 unspecified atom stereocenters. The average molecular weight is 253 g/mol. The minimum Gasteiger partial charge on any atom is -0.369 e. The van der Waals surface area contributed by atoms with Crippen LogP contribution in [0, 0.1) is 6.92 Å². The molecule has 0 aliphatic carbocycles. The van der Waals surface area contributed by atoms with E-state index in [0.717, 1.165) is 16.6 Å². The molecule has 17 heavy (non-hydrogen) atoms. The van der Waals surface area contributed by atoms with E-state index in [9.17, 15) is 8.42 Å². The smallest absolute Gasteiger partial charge is 0.201 e. The molecule has 0 atom stereocenters. The Labute approximate surface area is 100 Å². The van der Waals surface area contributed by atoms with Crippen molar-refractivity contribution in [2.24, 2.45) is 0 Å². The molecule has 1 heterocycles. The molecule has 0 saturated heterocycles. The summed E-state index contributed by atoms with van der Waals surface area (Å²) in [6, 6.07) is 5.74. The molecular weight excluding hydrogens is 238 g/mol. The van der Waals surface area contributed by atoms with E-state index < -0.39 is 9.84 Å². The van der Waals surface area contributed by atoms with E-state index in [2.05, 4.69) is 4.98 Å². The van der Waals surface area contributed by atoms with Crippen molar-refractivity contribution in [1.82, 2.24) is 9.55 Å². The van der Waals surface area contributed by atoms with Crippen molar-refractivity contribution >= 4 is 26.8 Å². The van der Waals surface area contributed by atoms with Gasteiger partial charge in [0.15, 0.2) is 0 Å². The molecule has 0 amide bonds. The summed E-state index contributed by atoms with van der Waals surface area (Å²) in [5, 5.41) is 0. The second-order valence-corrected chi connectivity index (χ2v) is 6.45. The number of aromatic nitrogens is 2. The largest absolute Gasteiger partial charge is 0.369 e. The van der Waals surface area contributed by atoms with Gasteiger partial charge in [0.2, 0.25) is 5.95 Å². The predicted molar refractivity (Wildman–Crippen MR) is 68.6 cm³/mol. The highest BCUT2D eigenvalue weighted by Gasteiger charge is 2.11. The number of hydrogen-bond acceptors (Lipinski definition) is 4. The van der Waals surface area contributed by atoms with E-state index >= 15 is 0 Å². The van der Waals surface area contributed by atoms with Gasteiger partial charge in [0, 0.05) is 12.8 Å². The SMILES string of the molecule is Cc1cccc2nc(N)n(CCS(C)(=O)=O)c12. The van der Waals surface area contributed by atoms with Gasteiger partial charge in [-0.05, 0) is 18.6 Å². The monoisotopic (exact) mass is 253 g/mol. The van der Waals surface area contributed by atoms with Gasteiger partial charge < -0.3 is 10.3 Å². The minimum absolute atomic E-state index is 0.0665. The number of rotatable bonds is 3. The first kappa shape index (κ1) is 11.9. The maximum Gasteiger partial charge on any atom is 0.201 e. The number of aryl methyl sites for hydroxylation is 2. The lowest BCUT2D eigenvalue weighted by atomic mass is 10.2. The summed E-state index contributed by atoms with van der Waals surface area (Å²) >= 11 is 0. The maximum atomic E-state index is 11.2. The number of nitrogens with zero attached hydrogens (tertiary/aromatic N) is 2. The Morgan fingerprint density at radius 1 is 1.41 bits per heavy atom. The van der Waals surface area contributed by atoms with Crippen molar-refractivity contribution in [3.63, 3.8) is 0 Å². The van der Waals surface area contributed by atoms with Gasteiger partial charge in [0.05, 0.1) is 16.8 Å². The summed E-state index contributed by atoms with van der Waals surface area (Å²) in [5.74, 6) is 0.426. The van der Waals surface area contributed by atoms with Gasteiger partial charge in [-0.3, -0.25) is 0 Å². The van der Waals surface area contributed by atoms with Gasteiger partial charge in [-0.15, -0.1) is 0 Å². The summed E-state index contributed by atoms with van der Waals surface area (Å²) in [6.07, 6.45) is 1.22. The van der Waals surface area contributed by atoms with Crippen LogP contribution in [0.25, 0.3) is 11.0 Å². The van der Waals surface area contributed by atoms with Gasteiger partial charge in [-0.1, -0.05) is 12.1 Å². The first-order valence-corrected chi connectivity index (χ1v) is 7.33. The first-order valence-electron chi connectivity index (χ1n) is 5.27. The molecular formula is C11H15N3O2S. The highest BCUT2D eigenvalue weighted by molar-refractivity contribution is 7.90. The van der Waals surface area contributed by atoms with Gasteiger partial charge in [0.25, 0.3) is 0 Å². The molecule has 0 radical (unpaired) electrons. The highest BCUT2D eigenvalue weighted by Crippen LogP contribution is 2.21. The van der Waals surface area contributed by atoms with E-state index in [1.54, 1.807) is 4.57 Å². The Kier molecular flexibility index (Phi) is 2.82. The van der Waals surface area contributed by atoms with Crippen molar-refractivity contribution in [2.75, 3.05) is 17.7 Å². The number of benzene rings is 1. The number of nitrogens with two attached hydrogens (primary N) is 1. The lowest BCUT2D eigenvalue weighted by Gasteiger charge is -2.06. The lowest BCUT2D eigenvalue weighted by Crippen LogP contribution is -2.13. The fraction of sp³-hybridized carbons (Fsp3) is 0.364. The summed E-state index contributed by atoms with van der Waals surface area (Å²) < 4.78 is 24.1. The fourth-order valence-corrected chi connectivity index (χ4v) is 2.38. The van der Waals surface area contributed by atoms with Gasteiger partial charge in [-0.25, -0.2) is 13.4 Å². The molecule has 0 aliphatic heterocycles. The zero-order chi connectivity index (χ0) is 12.6. The Morgan fingerprint density at radius 2 is 2.12 bits per heavy atom. The van der Waals surface area contributed by atoms with E-state index in [4.69, 9.17) is 5.73 Å². The van der Waals surface area contributed by atoms with Crippen molar-refractivity contribution in [2.45, 2.75) is 13.5 Å². The quantitative estimate of drug-likeness (QED) is 0.884. The summed E-state index contributed by atoms with van der Waals surface area (Å²) in [6.45, 7) is 2.30. The third-order valence-electron chi connectivity index (χ3n) is 2.68. The molecule has 0 aliphatic rings. The molecule has 0 spiro atoms. The number of para-hydroxylation sites is 1.